The van der Waals surface area contributed by atoms with Crippen molar-refractivity contribution in [2.75, 3.05) is 0 Å². The van der Waals surface area contributed by atoms with Crippen LogP contribution in [0.15, 0.2) is 43.0 Å². The van der Waals surface area contributed by atoms with Crippen molar-refractivity contribution in [3.8, 4) is 0 Å². The Kier molecular flexibility index (Phi) is 6.93. The van der Waals surface area contributed by atoms with Gasteiger partial charge in [0.2, 0.25) is 0 Å². The van der Waals surface area contributed by atoms with Crippen molar-refractivity contribution >= 4 is 5.97 Å². The van der Waals surface area contributed by atoms with E-state index in [2.05, 4.69) is 6.58 Å². The van der Waals surface area contributed by atoms with Crippen LogP contribution in [-0.4, -0.2) is 16.2 Å². The molecule has 0 heterocycles. The zero-order valence-electron chi connectivity index (χ0n) is 8.76. The van der Waals surface area contributed by atoms with E-state index in [1.54, 1.807) is 0 Å². The predicted octanol–water partition coefficient (Wildman–Crippen LogP) is 2.39. The van der Waals surface area contributed by atoms with Gasteiger partial charge in [-0.25, -0.2) is 4.79 Å². The lowest BCUT2D eigenvalue weighted by atomic mass is 10.1. The fourth-order valence-electron chi connectivity index (χ4n) is 0.911. The molecule has 3 heteroatoms. The number of hydrogen-bond donors (Lipinski definition) is 2. The number of aliphatic hydroxyl groups excluding tert-OH is 1. The lowest BCUT2D eigenvalue weighted by molar-refractivity contribution is -0.131. The maximum absolute atomic E-state index is 9.33. The zero-order chi connectivity index (χ0) is 11.7. The molecule has 0 spiro atoms. The summed E-state index contributed by atoms with van der Waals surface area (Å²) in [6.07, 6.45) is 1.32. The molecule has 0 saturated heterocycles. The Bertz CT molecular complexity index is 293. The van der Waals surface area contributed by atoms with Crippen LogP contribution in [-0.2, 0) is 4.79 Å². The second-order valence-electron chi connectivity index (χ2n) is 2.88. The Morgan fingerprint density at radius 2 is 1.93 bits per heavy atom. The average Bonchev–Trinajstić information content (AvgIpc) is 2.30. The van der Waals surface area contributed by atoms with Gasteiger partial charge in [0.05, 0.1) is 6.10 Å². The van der Waals surface area contributed by atoms with E-state index in [1.165, 1.54) is 0 Å². The lowest BCUT2D eigenvalue weighted by Crippen LogP contribution is -1.93. The van der Waals surface area contributed by atoms with Crippen molar-refractivity contribution in [3.63, 3.8) is 0 Å². The van der Waals surface area contributed by atoms with E-state index < -0.39 is 5.97 Å². The van der Waals surface area contributed by atoms with E-state index in [0.717, 1.165) is 18.1 Å². The van der Waals surface area contributed by atoms with Crippen molar-refractivity contribution in [1.29, 1.82) is 0 Å². The summed E-state index contributed by atoms with van der Waals surface area (Å²) in [5.41, 5.74) is 1.00. The highest BCUT2D eigenvalue weighted by molar-refractivity contribution is 5.78. The van der Waals surface area contributed by atoms with Crippen molar-refractivity contribution in [3.05, 3.63) is 48.6 Å². The molecule has 0 amide bonds. The maximum atomic E-state index is 9.33. The molecule has 0 bridgehead atoms. The summed E-state index contributed by atoms with van der Waals surface area (Å²) in [7, 11) is 0. The first-order valence-electron chi connectivity index (χ1n) is 4.70. The first kappa shape index (κ1) is 13.4. The summed E-state index contributed by atoms with van der Waals surface area (Å²) < 4.78 is 0. The molecule has 0 saturated carbocycles. The topological polar surface area (TPSA) is 57.5 Å². The number of hydrogen-bond acceptors (Lipinski definition) is 2. The summed E-state index contributed by atoms with van der Waals surface area (Å²) in [6, 6.07) is 9.70. The van der Waals surface area contributed by atoms with Crippen molar-refractivity contribution < 1.29 is 15.0 Å². The van der Waals surface area contributed by atoms with Crippen LogP contribution in [0.5, 0.6) is 0 Å². The van der Waals surface area contributed by atoms with Crippen LogP contribution in [0.3, 0.4) is 0 Å². The van der Waals surface area contributed by atoms with Gasteiger partial charge in [-0.1, -0.05) is 43.8 Å². The zero-order valence-corrected chi connectivity index (χ0v) is 8.76. The minimum Gasteiger partial charge on any atom is -0.478 e. The number of carboxylic acids is 1. The van der Waals surface area contributed by atoms with Gasteiger partial charge < -0.3 is 10.2 Å². The van der Waals surface area contributed by atoms with Gasteiger partial charge in [-0.05, 0) is 12.0 Å². The second kappa shape index (κ2) is 7.76. The van der Waals surface area contributed by atoms with E-state index in [1.807, 2.05) is 37.3 Å². The quantitative estimate of drug-likeness (QED) is 0.750. The Balaban J connectivity index is 0.000000336. The molecule has 0 aliphatic carbocycles. The van der Waals surface area contributed by atoms with E-state index in [9.17, 15) is 9.90 Å². The highest BCUT2D eigenvalue weighted by Gasteiger charge is 2.00. The predicted molar refractivity (Wildman–Crippen MR) is 59.5 cm³/mol. The Labute approximate surface area is 89.7 Å². The number of aliphatic carboxylic acids is 1. The number of carboxylic acid groups (broad SMARTS) is 1. The Hall–Kier alpha value is -1.61. The minimum absolute atomic E-state index is 0.291. The molecule has 3 nitrogen and oxygen atoms in total. The van der Waals surface area contributed by atoms with Gasteiger partial charge in [0.1, 0.15) is 0 Å². The van der Waals surface area contributed by atoms with Gasteiger partial charge >= 0.3 is 5.97 Å². The molecule has 0 fully saturated rings. The third kappa shape index (κ3) is 6.46. The SMILES string of the molecule is C=CC(=O)O.CCC(O)c1ccccc1. The van der Waals surface area contributed by atoms with Gasteiger partial charge in [-0.15, -0.1) is 0 Å². The highest BCUT2D eigenvalue weighted by atomic mass is 16.4. The summed E-state index contributed by atoms with van der Waals surface area (Å²) >= 11 is 0. The molecule has 15 heavy (non-hydrogen) atoms. The van der Waals surface area contributed by atoms with E-state index in [-0.39, 0.29) is 6.10 Å². The van der Waals surface area contributed by atoms with Crippen LogP contribution in [0.4, 0.5) is 0 Å². The lowest BCUT2D eigenvalue weighted by Gasteiger charge is -2.05. The van der Waals surface area contributed by atoms with Crippen LogP contribution in [0.2, 0.25) is 0 Å². The van der Waals surface area contributed by atoms with Crippen molar-refractivity contribution in [2.45, 2.75) is 19.4 Å². The van der Waals surface area contributed by atoms with E-state index >= 15 is 0 Å². The number of carbonyl (C=O) groups is 1. The first-order valence-corrected chi connectivity index (χ1v) is 4.70. The smallest absolute Gasteiger partial charge is 0.327 e. The molecule has 82 valence electrons. The second-order valence-corrected chi connectivity index (χ2v) is 2.88. The molecule has 1 unspecified atom stereocenters. The first-order chi connectivity index (χ1) is 7.11. The van der Waals surface area contributed by atoms with Gasteiger partial charge in [-0.3, -0.25) is 0 Å². The Morgan fingerprint density at radius 3 is 2.27 bits per heavy atom. The van der Waals surface area contributed by atoms with E-state index in [0.29, 0.717) is 0 Å². The number of aliphatic hydroxyl groups is 1. The van der Waals surface area contributed by atoms with Crippen LogP contribution in [0, 0.1) is 0 Å². The number of benzene rings is 1. The minimum atomic E-state index is -0.981. The highest BCUT2D eigenvalue weighted by Crippen LogP contribution is 2.14. The molecule has 1 rings (SSSR count). The largest absolute Gasteiger partial charge is 0.478 e. The molecular weight excluding hydrogens is 192 g/mol. The summed E-state index contributed by atoms with van der Waals surface area (Å²) in [5, 5.41) is 16.9. The third-order valence-electron chi connectivity index (χ3n) is 1.75. The van der Waals surface area contributed by atoms with Crippen LogP contribution >= 0.6 is 0 Å². The van der Waals surface area contributed by atoms with Crippen LogP contribution in [0.25, 0.3) is 0 Å². The fourth-order valence-corrected chi connectivity index (χ4v) is 0.911. The van der Waals surface area contributed by atoms with Gasteiger partial charge in [0.15, 0.2) is 0 Å². The summed E-state index contributed by atoms with van der Waals surface area (Å²) in [6.45, 7) is 4.93. The Morgan fingerprint density at radius 1 is 1.47 bits per heavy atom. The third-order valence-corrected chi connectivity index (χ3v) is 1.75. The average molecular weight is 208 g/mol. The molecule has 2 N–H and O–H groups in total. The van der Waals surface area contributed by atoms with Gasteiger partial charge in [0, 0.05) is 6.08 Å². The molecule has 0 aromatic heterocycles. The number of rotatable bonds is 3. The van der Waals surface area contributed by atoms with Crippen molar-refractivity contribution in [2.24, 2.45) is 0 Å². The molecule has 1 aromatic rings. The standard InChI is InChI=1S/C9H12O.C3H4O2/c1-2-9(10)8-6-4-3-5-7-8;1-2-3(4)5/h3-7,9-10H,2H2,1H3;2H,1H2,(H,4,5). The summed E-state index contributed by atoms with van der Waals surface area (Å²) in [4.78, 5) is 9.25. The van der Waals surface area contributed by atoms with Crippen molar-refractivity contribution in [1.82, 2.24) is 0 Å². The molecule has 0 aliphatic rings. The van der Waals surface area contributed by atoms with Gasteiger partial charge in [0.25, 0.3) is 0 Å². The maximum Gasteiger partial charge on any atom is 0.327 e. The fraction of sp³-hybridized carbons (Fsp3) is 0.250. The monoisotopic (exact) mass is 208 g/mol. The molecule has 0 radical (unpaired) electrons. The van der Waals surface area contributed by atoms with Crippen LogP contribution < -0.4 is 0 Å². The molecular formula is C12H16O3. The van der Waals surface area contributed by atoms with Crippen LogP contribution in [0.1, 0.15) is 25.0 Å². The summed E-state index contributed by atoms with van der Waals surface area (Å²) in [5.74, 6) is -0.981. The van der Waals surface area contributed by atoms with Gasteiger partial charge in [-0.2, -0.15) is 0 Å². The molecule has 1 atom stereocenters. The molecule has 1 aromatic carbocycles. The van der Waals surface area contributed by atoms with E-state index in [4.69, 9.17) is 5.11 Å². The normalized spacial score (nSPS) is 10.8. The molecule has 0 aliphatic heterocycles.